The molecule has 0 fully saturated rings. The van der Waals surface area contributed by atoms with Crippen LogP contribution in [0.1, 0.15) is 51.8 Å². The van der Waals surface area contributed by atoms with Crippen LogP contribution in [0.3, 0.4) is 0 Å². The molecule has 0 saturated carbocycles. The maximum atomic E-state index is 5.96. The molecule has 2 atom stereocenters. The third kappa shape index (κ3) is 4.11. The second-order valence-corrected chi connectivity index (χ2v) is 5.52. The van der Waals surface area contributed by atoms with Gasteiger partial charge in [0.1, 0.15) is 5.76 Å². The molecule has 0 aliphatic heterocycles. The van der Waals surface area contributed by atoms with Crippen LogP contribution in [0, 0.1) is 0 Å². The number of hydrogen-bond acceptors (Lipinski definition) is 3. The van der Waals surface area contributed by atoms with Crippen LogP contribution in [0.4, 0.5) is 0 Å². The van der Waals surface area contributed by atoms with E-state index in [4.69, 9.17) is 10.2 Å². The van der Waals surface area contributed by atoms with E-state index in [9.17, 15) is 0 Å². The summed E-state index contributed by atoms with van der Waals surface area (Å²) in [6.07, 6.45) is 3.52. The first-order chi connectivity index (χ1) is 8.63. The van der Waals surface area contributed by atoms with Crippen LogP contribution in [0.2, 0.25) is 0 Å². The number of nitrogens with zero attached hydrogens (tertiary/aromatic N) is 1. The fraction of sp³-hybridized carbons (Fsp3) is 0.714. The van der Waals surface area contributed by atoms with E-state index in [1.165, 1.54) is 12.8 Å². The lowest BCUT2D eigenvalue weighted by molar-refractivity contribution is 0.124. The monoisotopic (exact) mass is 316 g/mol. The number of nitrogens with two attached hydrogens (primary N) is 1. The molecule has 0 aliphatic rings. The number of rotatable bonds is 8. The Hall–Kier alpha value is -0.320. The van der Waals surface area contributed by atoms with Gasteiger partial charge in [-0.15, -0.1) is 0 Å². The molecule has 4 heteroatoms. The third-order valence-corrected chi connectivity index (χ3v) is 3.90. The molecule has 0 amide bonds. The van der Waals surface area contributed by atoms with Crippen molar-refractivity contribution in [3.8, 4) is 0 Å². The Bertz CT molecular complexity index is 340. The Morgan fingerprint density at radius 2 is 2.11 bits per heavy atom. The number of hydrogen-bond donors (Lipinski definition) is 1. The molecule has 2 N–H and O–H groups in total. The summed E-state index contributed by atoms with van der Waals surface area (Å²) in [4.78, 5) is 2.47. The lowest BCUT2D eigenvalue weighted by atomic mass is 10.1. The molecule has 0 aliphatic carbocycles. The van der Waals surface area contributed by atoms with Gasteiger partial charge in [-0.2, -0.15) is 0 Å². The first-order valence-corrected chi connectivity index (χ1v) is 7.64. The van der Waals surface area contributed by atoms with Crippen LogP contribution in [0.25, 0.3) is 0 Å². The smallest absolute Gasteiger partial charge is 0.169 e. The van der Waals surface area contributed by atoms with Gasteiger partial charge >= 0.3 is 0 Å². The SMILES string of the molecule is CCCCN(C(C)CC)C(CN)c1ccc(Br)o1. The topological polar surface area (TPSA) is 42.4 Å². The Balaban J connectivity index is 2.85. The van der Waals surface area contributed by atoms with Gasteiger partial charge in [-0.3, -0.25) is 4.90 Å². The Morgan fingerprint density at radius 3 is 2.56 bits per heavy atom. The lowest BCUT2D eigenvalue weighted by Crippen LogP contribution is -2.40. The highest BCUT2D eigenvalue weighted by atomic mass is 79.9. The van der Waals surface area contributed by atoms with E-state index >= 15 is 0 Å². The quantitative estimate of drug-likeness (QED) is 0.789. The molecule has 1 heterocycles. The van der Waals surface area contributed by atoms with Gasteiger partial charge in [-0.25, -0.2) is 0 Å². The van der Waals surface area contributed by atoms with E-state index in [-0.39, 0.29) is 6.04 Å². The van der Waals surface area contributed by atoms with Crippen LogP contribution in [0.15, 0.2) is 21.2 Å². The predicted molar refractivity (Wildman–Crippen MR) is 79.6 cm³/mol. The summed E-state index contributed by atoms with van der Waals surface area (Å²) in [5, 5.41) is 0. The third-order valence-electron chi connectivity index (χ3n) is 3.47. The minimum atomic E-state index is 0.179. The first kappa shape index (κ1) is 15.7. The summed E-state index contributed by atoms with van der Waals surface area (Å²) in [5.74, 6) is 0.959. The van der Waals surface area contributed by atoms with Crippen molar-refractivity contribution in [1.29, 1.82) is 0 Å². The molecule has 0 bridgehead atoms. The zero-order chi connectivity index (χ0) is 13.5. The van der Waals surface area contributed by atoms with Crippen molar-refractivity contribution >= 4 is 15.9 Å². The molecule has 1 aromatic rings. The lowest BCUT2D eigenvalue weighted by Gasteiger charge is -2.34. The maximum absolute atomic E-state index is 5.96. The van der Waals surface area contributed by atoms with E-state index < -0.39 is 0 Å². The van der Waals surface area contributed by atoms with Gasteiger partial charge in [-0.05, 0) is 54.4 Å². The van der Waals surface area contributed by atoms with Gasteiger partial charge in [-0.1, -0.05) is 20.3 Å². The van der Waals surface area contributed by atoms with Crippen molar-refractivity contribution in [3.63, 3.8) is 0 Å². The normalized spacial score (nSPS) is 15.0. The second kappa shape index (κ2) is 7.97. The van der Waals surface area contributed by atoms with Crippen molar-refractivity contribution in [1.82, 2.24) is 4.90 Å². The van der Waals surface area contributed by atoms with Gasteiger partial charge in [0.05, 0.1) is 6.04 Å². The summed E-state index contributed by atoms with van der Waals surface area (Å²) in [5.41, 5.74) is 5.96. The molecule has 0 aromatic carbocycles. The highest BCUT2D eigenvalue weighted by Gasteiger charge is 2.25. The van der Waals surface area contributed by atoms with Crippen LogP contribution in [0.5, 0.6) is 0 Å². The summed E-state index contributed by atoms with van der Waals surface area (Å²) in [6, 6.07) is 4.65. The molecule has 3 nitrogen and oxygen atoms in total. The van der Waals surface area contributed by atoms with E-state index in [1.54, 1.807) is 0 Å². The van der Waals surface area contributed by atoms with Crippen molar-refractivity contribution < 1.29 is 4.42 Å². The van der Waals surface area contributed by atoms with Crippen LogP contribution >= 0.6 is 15.9 Å². The van der Waals surface area contributed by atoms with E-state index in [2.05, 4.69) is 41.6 Å². The van der Waals surface area contributed by atoms with Crippen molar-refractivity contribution in [2.75, 3.05) is 13.1 Å². The summed E-state index contributed by atoms with van der Waals surface area (Å²) >= 11 is 3.36. The van der Waals surface area contributed by atoms with Gasteiger partial charge in [0.15, 0.2) is 4.67 Å². The Kier molecular flexibility index (Phi) is 6.97. The van der Waals surface area contributed by atoms with Crippen LogP contribution in [-0.2, 0) is 0 Å². The zero-order valence-corrected chi connectivity index (χ0v) is 13.2. The molecule has 0 saturated heterocycles. The highest BCUT2D eigenvalue weighted by Crippen LogP contribution is 2.27. The maximum Gasteiger partial charge on any atom is 0.169 e. The Morgan fingerprint density at radius 1 is 1.39 bits per heavy atom. The number of halogens is 1. The molecule has 1 aromatic heterocycles. The first-order valence-electron chi connectivity index (χ1n) is 6.85. The minimum absolute atomic E-state index is 0.179. The highest BCUT2D eigenvalue weighted by molar-refractivity contribution is 9.10. The predicted octanol–water partition coefficient (Wildman–Crippen LogP) is 3.94. The molecule has 1 rings (SSSR count). The van der Waals surface area contributed by atoms with Gasteiger partial charge in [0.25, 0.3) is 0 Å². The van der Waals surface area contributed by atoms with E-state index in [0.717, 1.165) is 23.4 Å². The van der Waals surface area contributed by atoms with Crippen LogP contribution < -0.4 is 5.73 Å². The molecule has 2 unspecified atom stereocenters. The molecule has 0 spiro atoms. The van der Waals surface area contributed by atoms with Crippen molar-refractivity contribution in [2.24, 2.45) is 5.73 Å². The number of furan rings is 1. The average Bonchev–Trinajstić information content (AvgIpc) is 2.80. The van der Waals surface area contributed by atoms with E-state index in [0.29, 0.717) is 12.6 Å². The van der Waals surface area contributed by atoms with Crippen molar-refractivity contribution in [2.45, 2.75) is 52.1 Å². The number of unbranched alkanes of at least 4 members (excludes halogenated alkanes) is 1. The van der Waals surface area contributed by atoms with Crippen molar-refractivity contribution in [3.05, 3.63) is 22.6 Å². The Labute approximate surface area is 119 Å². The molecule has 104 valence electrons. The minimum Gasteiger partial charge on any atom is -0.453 e. The van der Waals surface area contributed by atoms with Gasteiger partial charge < -0.3 is 10.2 Å². The second-order valence-electron chi connectivity index (χ2n) is 4.74. The molecular weight excluding hydrogens is 292 g/mol. The van der Waals surface area contributed by atoms with Gasteiger partial charge in [0.2, 0.25) is 0 Å². The molecule has 18 heavy (non-hydrogen) atoms. The standard InChI is InChI=1S/C14H25BrN2O/c1-4-6-9-17(11(3)5-2)12(10-16)13-7-8-14(15)18-13/h7-8,11-12H,4-6,9-10,16H2,1-3H3. The fourth-order valence-corrected chi connectivity index (χ4v) is 2.50. The summed E-state index contributed by atoms with van der Waals surface area (Å²) in [7, 11) is 0. The molecule has 0 radical (unpaired) electrons. The fourth-order valence-electron chi connectivity index (χ4n) is 2.18. The van der Waals surface area contributed by atoms with Crippen LogP contribution in [-0.4, -0.2) is 24.0 Å². The van der Waals surface area contributed by atoms with E-state index in [1.807, 2.05) is 12.1 Å². The molecular formula is C14H25BrN2O. The summed E-state index contributed by atoms with van der Waals surface area (Å²) < 4.78 is 6.46. The summed E-state index contributed by atoms with van der Waals surface area (Å²) in [6.45, 7) is 8.36. The average molecular weight is 317 g/mol. The van der Waals surface area contributed by atoms with Gasteiger partial charge in [0, 0.05) is 12.6 Å². The zero-order valence-electron chi connectivity index (χ0n) is 11.7. The largest absolute Gasteiger partial charge is 0.453 e.